The fraction of sp³-hybridized carbons (Fsp3) is 0.125. The molecular formula is C64H69N5. The largest absolute Gasteiger partial charge is 0.399 e. The molecule has 0 aliphatic rings. The Balaban J connectivity index is 0.000000374. The van der Waals surface area contributed by atoms with E-state index in [0.29, 0.717) is 0 Å². The first-order valence-corrected chi connectivity index (χ1v) is 24.2. The van der Waals surface area contributed by atoms with E-state index in [0.717, 1.165) is 40.5 Å². The summed E-state index contributed by atoms with van der Waals surface area (Å²) in [5.74, 6) is 5.56. The van der Waals surface area contributed by atoms with Gasteiger partial charge in [-0.3, -0.25) is 5.84 Å². The Hall–Kier alpha value is -8.12. The zero-order valence-electron chi connectivity index (χ0n) is 41.4. The lowest BCUT2D eigenvalue weighted by atomic mass is 9.91. The SMILES string of the molecule is CC.CC.CC.Cc1ccccc1.NNc1ccc(-c2ccc3c(-c4cccc5cc(-c6ccc(CNc7ccccc7Nc7ccccc7)cc6)ccc45)cccc3c2)cc1.Nc1ccccc1. The number of anilines is 5. The molecule has 10 aromatic rings. The number of nitrogen functional groups attached to an aromatic ring is 2. The molecule has 0 aliphatic heterocycles. The van der Waals surface area contributed by atoms with Crippen LogP contribution in [0.3, 0.4) is 0 Å². The molecule has 7 N–H and O–H groups in total. The molecule has 69 heavy (non-hydrogen) atoms. The van der Waals surface area contributed by atoms with Gasteiger partial charge in [-0.1, -0.05) is 223 Å². The van der Waals surface area contributed by atoms with E-state index >= 15 is 0 Å². The molecule has 350 valence electrons. The first kappa shape index (κ1) is 51.9. The lowest BCUT2D eigenvalue weighted by Gasteiger charge is -2.14. The molecule has 0 spiro atoms. The number of nitrogens with two attached hydrogens (primary N) is 2. The maximum Gasteiger partial charge on any atom is 0.0620 e. The lowest BCUT2D eigenvalue weighted by Crippen LogP contribution is -2.05. The second-order valence-corrected chi connectivity index (χ2v) is 15.4. The average molecular weight is 908 g/mol. The molecule has 0 unspecified atom stereocenters. The number of hydrogen-bond donors (Lipinski definition) is 5. The number of fused-ring (bicyclic) bond motifs is 2. The third kappa shape index (κ3) is 14.9. The van der Waals surface area contributed by atoms with Crippen LogP contribution >= 0.6 is 0 Å². The predicted molar refractivity (Wildman–Crippen MR) is 305 cm³/mol. The summed E-state index contributed by atoms with van der Waals surface area (Å²) in [5, 5.41) is 12.1. The van der Waals surface area contributed by atoms with Gasteiger partial charge in [0.2, 0.25) is 0 Å². The summed E-state index contributed by atoms with van der Waals surface area (Å²) < 4.78 is 0. The molecule has 0 radical (unpaired) electrons. The molecule has 0 bridgehead atoms. The van der Waals surface area contributed by atoms with Gasteiger partial charge in [0.05, 0.1) is 11.4 Å². The van der Waals surface area contributed by atoms with Crippen molar-refractivity contribution in [2.75, 3.05) is 21.8 Å². The van der Waals surface area contributed by atoms with Crippen molar-refractivity contribution < 1.29 is 0 Å². The molecular weight excluding hydrogens is 839 g/mol. The number of hydrazine groups is 1. The minimum absolute atomic E-state index is 0.736. The van der Waals surface area contributed by atoms with Gasteiger partial charge in [-0.15, -0.1) is 0 Å². The maximum atomic E-state index is 5.56. The lowest BCUT2D eigenvalue weighted by molar-refractivity contribution is 1.15. The quantitative estimate of drug-likeness (QED) is 0.0566. The van der Waals surface area contributed by atoms with E-state index in [1.807, 2.05) is 120 Å². The molecule has 5 heteroatoms. The van der Waals surface area contributed by atoms with Gasteiger partial charge < -0.3 is 21.8 Å². The van der Waals surface area contributed by atoms with Gasteiger partial charge in [-0.25, -0.2) is 0 Å². The zero-order chi connectivity index (χ0) is 49.2. The monoisotopic (exact) mass is 908 g/mol. The number of hydrogen-bond acceptors (Lipinski definition) is 5. The van der Waals surface area contributed by atoms with E-state index in [1.165, 1.54) is 60.5 Å². The van der Waals surface area contributed by atoms with Crippen LogP contribution in [0.1, 0.15) is 52.7 Å². The highest BCUT2D eigenvalue weighted by Gasteiger charge is 2.11. The number of aryl methyl sites for hydroxylation is 1. The van der Waals surface area contributed by atoms with E-state index in [4.69, 9.17) is 11.6 Å². The van der Waals surface area contributed by atoms with Crippen molar-refractivity contribution >= 4 is 50.0 Å². The third-order valence-electron chi connectivity index (χ3n) is 10.9. The topological polar surface area (TPSA) is 88.1 Å². The second-order valence-electron chi connectivity index (χ2n) is 15.4. The Morgan fingerprint density at radius 1 is 0.377 bits per heavy atom. The molecule has 0 aliphatic carbocycles. The first-order chi connectivity index (χ1) is 34.0. The number of para-hydroxylation sites is 4. The molecule has 0 amide bonds. The summed E-state index contributed by atoms with van der Waals surface area (Å²) in [6.45, 7) is 14.8. The standard InChI is InChI=1S/C45H36N4.C7H8.C6H7N.3C2H6/c46-49-39-24-20-33(21-25-39)35-23-27-41-37(29-35)9-7-13-43(41)42-12-6-8-36-28-34(22-26-40(36)42)32-18-16-31(17-19-32)30-47-44-14-4-5-15-45(44)48-38-10-2-1-3-11-38;1-7-5-3-2-4-6-7;7-6-4-2-1-3-5-6;3*1-2/h1-29,47-49H,30,46H2;2-6H,1H3;1-5H,7H2;3*1-2H3. The van der Waals surface area contributed by atoms with Crippen LogP contribution < -0.4 is 27.6 Å². The molecule has 10 rings (SSSR count). The van der Waals surface area contributed by atoms with Gasteiger partial charge >= 0.3 is 0 Å². The van der Waals surface area contributed by atoms with Crippen LogP contribution in [0.15, 0.2) is 237 Å². The highest BCUT2D eigenvalue weighted by molar-refractivity contribution is 6.07. The summed E-state index contributed by atoms with van der Waals surface area (Å²) in [6.07, 6.45) is 0. The Morgan fingerprint density at radius 2 is 0.812 bits per heavy atom. The Bertz CT molecular complexity index is 2970. The normalized spacial score (nSPS) is 9.86. The van der Waals surface area contributed by atoms with Crippen molar-refractivity contribution in [2.24, 2.45) is 5.84 Å². The number of benzene rings is 10. The van der Waals surface area contributed by atoms with Crippen molar-refractivity contribution in [3.63, 3.8) is 0 Å². The van der Waals surface area contributed by atoms with Gasteiger partial charge in [-0.2, -0.15) is 0 Å². The fourth-order valence-electron chi connectivity index (χ4n) is 7.58. The molecule has 0 fully saturated rings. The van der Waals surface area contributed by atoms with Gasteiger partial charge in [-0.05, 0) is 128 Å². The van der Waals surface area contributed by atoms with E-state index in [-0.39, 0.29) is 0 Å². The summed E-state index contributed by atoms with van der Waals surface area (Å²) in [7, 11) is 0. The molecule has 5 nitrogen and oxygen atoms in total. The Morgan fingerprint density at radius 3 is 1.26 bits per heavy atom. The molecule has 10 aromatic carbocycles. The van der Waals surface area contributed by atoms with E-state index in [2.05, 4.69) is 181 Å². The summed E-state index contributed by atoms with van der Waals surface area (Å²) in [4.78, 5) is 0. The van der Waals surface area contributed by atoms with Crippen LogP contribution in [0, 0.1) is 6.92 Å². The summed E-state index contributed by atoms with van der Waals surface area (Å²) in [5.41, 5.74) is 22.8. The van der Waals surface area contributed by atoms with Crippen LogP contribution in [0.5, 0.6) is 0 Å². The molecule has 0 saturated carbocycles. The molecule has 0 saturated heterocycles. The van der Waals surface area contributed by atoms with Gasteiger partial charge in [0.15, 0.2) is 0 Å². The number of rotatable bonds is 9. The molecule has 0 aromatic heterocycles. The van der Waals surface area contributed by atoms with E-state index < -0.39 is 0 Å². The van der Waals surface area contributed by atoms with Gasteiger partial charge in [0.25, 0.3) is 0 Å². The Kier molecular flexibility index (Phi) is 21.2. The van der Waals surface area contributed by atoms with Crippen molar-refractivity contribution in [1.29, 1.82) is 0 Å². The number of nitrogens with one attached hydrogen (secondary N) is 3. The molecule has 0 heterocycles. The van der Waals surface area contributed by atoms with Crippen LogP contribution in [0.25, 0.3) is 54.9 Å². The Labute approximate surface area is 411 Å². The first-order valence-electron chi connectivity index (χ1n) is 24.2. The highest BCUT2D eigenvalue weighted by atomic mass is 15.2. The van der Waals surface area contributed by atoms with Crippen LogP contribution in [0.2, 0.25) is 0 Å². The van der Waals surface area contributed by atoms with Crippen LogP contribution in [-0.4, -0.2) is 0 Å². The van der Waals surface area contributed by atoms with Crippen LogP contribution in [-0.2, 0) is 6.54 Å². The molecule has 0 atom stereocenters. The third-order valence-corrected chi connectivity index (χ3v) is 10.9. The van der Waals surface area contributed by atoms with Crippen molar-refractivity contribution in [2.45, 2.75) is 55.0 Å². The van der Waals surface area contributed by atoms with E-state index in [1.54, 1.807) is 0 Å². The zero-order valence-corrected chi connectivity index (χ0v) is 41.4. The van der Waals surface area contributed by atoms with E-state index in [9.17, 15) is 0 Å². The fourth-order valence-corrected chi connectivity index (χ4v) is 7.58. The van der Waals surface area contributed by atoms with Gasteiger partial charge in [0, 0.05) is 23.6 Å². The maximum absolute atomic E-state index is 5.56. The smallest absolute Gasteiger partial charge is 0.0620 e. The minimum Gasteiger partial charge on any atom is -0.399 e. The van der Waals surface area contributed by atoms with Crippen molar-refractivity contribution in [3.05, 3.63) is 248 Å². The summed E-state index contributed by atoms with van der Waals surface area (Å²) >= 11 is 0. The highest BCUT2D eigenvalue weighted by Crippen LogP contribution is 2.37. The minimum atomic E-state index is 0.736. The second kappa shape index (κ2) is 28.1. The van der Waals surface area contributed by atoms with Crippen molar-refractivity contribution in [3.8, 4) is 33.4 Å². The summed E-state index contributed by atoms with van der Waals surface area (Å²) in [6, 6.07) is 82.1. The van der Waals surface area contributed by atoms with Crippen LogP contribution in [0.4, 0.5) is 28.4 Å². The van der Waals surface area contributed by atoms with Crippen molar-refractivity contribution in [1.82, 2.24) is 0 Å². The van der Waals surface area contributed by atoms with Gasteiger partial charge in [0.1, 0.15) is 0 Å². The average Bonchev–Trinajstić information content (AvgIpc) is 3.43. The predicted octanol–water partition coefficient (Wildman–Crippen LogP) is 18.0.